The SMILES string of the molecule is c1cc(-c2nc(-c3ccc4[nH]c5c(c4c3)CCC5)no2)cnn1. The molecule has 1 aromatic carbocycles. The molecule has 0 atom stereocenters. The second-order valence-electron chi connectivity index (χ2n) is 5.75. The van der Waals surface area contributed by atoms with Crippen LogP contribution in [0.2, 0.25) is 0 Å². The van der Waals surface area contributed by atoms with Gasteiger partial charge in [-0.25, -0.2) is 0 Å². The second kappa shape index (κ2) is 4.74. The van der Waals surface area contributed by atoms with E-state index in [4.69, 9.17) is 4.52 Å². The molecule has 0 saturated carbocycles. The maximum atomic E-state index is 5.35. The van der Waals surface area contributed by atoms with Crippen molar-refractivity contribution in [3.05, 3.63) is 47.9 Å². The van der Waals surface area contributed by atoms with Gasteiger partial charge in [0.25, 0.3) is 5.89 Å². The molecule has 6 heteroatoms. The molecule has 0 bridgehead atoms. The number of H-pyrrole nitrogens is 1. The van der Waals surface area contributed by atoms with Gasteiger partial charge in [0.05, 0.1) is 18.0 Å². The van der Waals surface area contributed by atoms with Crippen LogP contribution in [0.25, 0.3) is 33.7 Å². The lowest BCUT2D eigenvalue weighted by atomic mass is 10.1. The summed E-state index contributed by atoms with van der Waals surface area (Å²) < 4.78 is 5.35. The average Bonchev–Trinajstić information content (AvgIpc) is 3.31. The molecule has 0 unspecified atom stereocenters. The fourth-order valence-corrected chi connectivity index (χ4v) is 3.26. The van der Waals surface area contributed by atoms with Gasteiger partial charge in [0.2, 0.25) is 5.82 Å². The van der Waals surface area contributed by atoms with Gasteiger partial charge in [-0.15, -0.1) is 0 Å². The van der Waals surface area contributed by atoms with E-state index >= 15 is 0 Å². The molecule has 112 valence electrons. The van der Waals surface area contributed by atoms with Gasteiger partial charge in [0, 0.05) is 22.2 Å². The lowest BCUT2D eigenvalue weighted by Gasteiger charge is -1.97. The van der Waals surface area contributed by atoms with Gasteiger partial charge in [-0.05, 0) is 49.1 Å². The standard InChI is InChI=1S/C17H13N5O/c1-2-12-13-8-10(4-5-15(13)20-14(12)3-1)16-21-17(23-22-16)11-6-7-18-19-9-11/h4-9,20H,1-3H2. The van der Waals surface area contributed by atoms with Crippen LogP contribution in [-0.2, 0) is 12.8 Å². The molecular weight excluding hydrogens is 290 g/mol. The van der Waals surface area contributed by atoms with Crippen LogP contribution in [0.1, 0.15) is 17.7 Å². The number of aromatic amines is 1. The Morgan fingerprint density at radius 2 is 2.04 bits per heavy atom. The van der Waals surface area contributed by atoms with Crippen molar-refractivity contribution in [2.75, 3.05) is 0 Å². The third kappa shape index (κ3) is 1.95. The fourth-order valence-electron chi connectivity index (χ4n) is 3.26. The summed E-state index contributed by atoms with van der Waals surface area (Å²) in [6.07, 6.45) is 6.72. The fraction of sp³-hybridized carbons (Fsp3) is 0.176. The molecule has 1 N–H and O–H groups in total. The second-order valence-corrected chi connectivity index (χ2v) is 5.75. The quantitative estimate of drug-likeness (QED) is 0.615. The van der Waals surface area contributed by atoms with E-state index in [2.05, 4.69) is 37.5 Å². The summed E-state index contributed by atoms with van der Waals surface area (Å²) in [5, 5.41) is 13.0. The molecule has 1 aliphatic carbocycles. The van der Waals surface area contributed by atoms with E-state index in [-0.39, 0.29) is 0 Å². The zero-order valence-corrected chi connectivity index (χ0v) is 12.3. The van der Waals surface area contributed by atoms with Gasteiger partial charge in [0.1, 0.15) is 0 Å². The van der Waals surface area contributed by atoms with Crippen molar-refractivity contribution in [1.29, 1.82) is 0 Å². The molecule has 3 aromatic heterocycles. The Hall–Kier alpha value is -3.02. The minimum absolute atomic E-state index is 0.453. The number of hydrogen-bond acceptors (Lipinski definition) is 5. The zero-order valence-electron chi connectivity index (χ0n) is 12.3. The lowest BCUT2D eigenvalue weighted by Crippen LogP contribution is -1.84. The van der Waals surface area contributed by atoms with E-state index in [0.29, 0.717) is 11.7 Å². The van der Waals surface area contributed by atoms with Crippen molar-refractivity contribution in [3.63, 3.8) is 0 Å². The summed E-state index contributed by atoms with van der Waals surface area (Å²) in [5.74, 6) is 1.04. The smallest absolute Gasteiger partial charge is 0.259 e. The van der Waals surface area contributed by atoms with Crippen LogP contribution in [0, 0.1) is 0 Å². The Morgan fingerprint density at radius 1 is 1.04 bits per heavy atom. The Bertz CT molecular complexity index is 1000. The summed E-state index contributed by atoms with van der Waals surface area (Å²) in [6, 6.07) is 8.06. The topological polar surface area (TPSA) is 80.5 Å². The first kappa shape index (κ1) is 12.5. The molecule has 0 spiro atoms. The first-order valence-electron chi connectivity index (χ1n) is 7.63. The van der Waals surface area contributed by atoms with Crippen molar-refractivity contribution < 1.29 is 4.52 Å². The number of fused-ring (bicyclic) bond motifs is 3. The number of benzene rings is 1. The van der Waals surface area contributed by atoms with Crippen molar-refractivity contribution in [2.45, 2.75) is 19.3 Å². The van der Waals surface area contributed by atoms with Gasteiger partial charge in [0.15, 0.2) is 0 Å². The van der Waals surface area contributed by atoms with Crippen molar-refractivity contribution in [2.24, 2.45) is 0 Å². The Labute approximate surface area is 131 Å². The number of nitrogens with zero attached hydrogens (tertiary/aromatic N) is 4. The zero-order chi connectivity index (χ0) is 15.2. The van der Waals surface area contributed by atoms with Crippen LogP contribution in [0.3, 0.4) is 0 Å². The third-order valence-corrected chi connectivity index (χ3v) is 4.36. The van der Waals surface area contributed by atoms with Crippen molar-refractivity contribution in [1.82, 2.24) is 25.3 Å². The van der Waals surface area contributed by atoms with Gasteiger partial charge in [-0.3, -0.25) is 0 Å². The van der Waals surface area contributed by atoms with Crippen LogP contribution >= 0.6 is 0 Å². The van der Waals surface area contributed by atoms with Crippen LogP contribution in [0.15, 0.2) is 41.2 Å². The van der Waals surface area contributed by atoms with Gasteiger partial charge < -0.3 is 9.51 Å². The highest BCUT2D eigenvalue weighted by molar-refractivity contribution is 5.88. The van der Waals surface area contributed by atoms with Crippen LogP contribution in [0.4, 0.5) is 0 Å². The van der Waals surface area contributed by atoms with Gasteiger partial charge >= 0.3 is 0 Å². The summed E-state index contributed by atoms with van der Waals surface area (Å²) in [4.78, 5) is 7.99. The Kier molecular flexibility index (Phi) is 2.58. The van der Waals surface area contributed by atoms with E-state index in [1.807, 2.05) is 6.07 Å². The molecule has 0 aliphatic heterocycles. The highest BCUT2D eigenvalue weighted by atomic mass is 16.5. The third-order valence-electron chi connectivity index (χ3n) is 4.36. The predicted molar refractivity (Wildman–Crippen MR) is 84.6 cm³/mol. The lowest BCUT2D eigenvalue weighted by molar-refractivity contribution is 0.432. The minimum atomic E-state index is 0.453. The van der Waals surface area contributed by atoms with Gasteiger partial charge in [-0.1, -0.05) is 5.16 Å². The Balaban J connectivity index is 1.59. The molecule has 0 fully saturated rings. The summed E-state index contributed by atoms with van der Waals surface area (Å²) >= 11 is 0. The monoisotopic (exact) mass is 303 g/mol. The van der Waals surface area contributed by atoms with Crippen LogP contribution < -0.4 is 0 Å². The number of hydrogen-bond donors (Lipinski definition) is 1. The van der Waals surface area contributed by atoms with E-state index in [1.165, 1.54) is 28.6 Å². The summed E-state index contributed by atoms with van der Waals surface area (Å²) in [6.45, 7) is 0. The number of aromatic nitrogens is 5. The normalized spacial score (nSPS) is 13.6. The molecule has 3 heterocycles. The predicted octanol–water partition coefficient (Wildman–Crippen LogP) is 3.16. The largest absolute Gasteiger partial charge is 0.358 e. The molecule has 23 heavy (non-hydrogen) atoms. The van der Waals surface area contributed by atoms with Crippen molar-refractivity contribution in [3.8, 4) is 22.8 Å². The van der Waals surface area contributed by atoms with Gasteiger partial charge in [-0.2, -0.15) is 15.2 Å². The van der Waals surface area contributed by atoms with E-state index in [0.717, 1.165) is 24.0 Å². The number of nitrogens with one attached hydrogen (secondary N) is 1. The summed E-state index contributed by atoms with van der Waals surface area (Å²) in [7, 11) is 0. The van der Waals surface area contributed by atoms with E-state index in [9.17, 15) is 0 Å². The molecule has 0 saturated heterocycles. The maximum absolute atomic E-state index is 5.35. The van der Waals surface area contributed by atoms with E-state index in [1.54, 1.807) is 18.5 Å². The number of rotatable bonds is 2. The molecule has 5 rings (SSSR count). The summed E-state index contributed by atoms with van der Waals surface area (Å²) in [5.41, 5.74) is 5.71. The molecule has 6 nitrogen and oxygen atoms in total. The highest BCUT2D eigenvalue weighted by Crippen LogP contribution is 2.32. The minimum Gasteiger partial charge on any atom is -0.358 e. The van der Waals surface area contributed by atoms with Crippen LogP contribution in [-0.4, -0.2) is 25.3 Å². The van der Waals surface area contributed by atoms with Crippen LogP contribution in [0.5, 0.6) is 0 Å². The molecule has 1 aliphatic rings. The first-order valence-corrected chi connectivity index (χ1v) is 7.63. The first-order chi connectivity index (χ1) is 11.4. The maximum Gasteiger partial charge on any atom is 0.259 e. The number of aryl methyl sites for hydroxylation is 2. The van der Waals surface area contributed by atoms with E-state index < -0.39 is 0 Å². The Morgan fingerprint density at radius 3 is 2.96 bits per heavy atom. The van der Waals surface area contributed by atoms with Crippen molar-refractivity contribution >= 4 is 10.9 Å². The highest BCUT2D eigenvalue weighted by Gasteiger charge is 2.18. The molecule has 0 radical (unpaired) electrons. The molecule has 4 aromatic rings. The molecular formula is C17H13N5O. The molecule has 0 amide bonds. The average molecular weight is 303 g/mol.